The Labute approximate surface area is 210 Å². The fourth-order valence-electron chi connectivity index (χ4n) is 4.77. The minimum Gasteiger partial charge on any atom is -0.487 e. The summed E-state index contributed by atoms with van der Waals surface area (Å²) in [4.78, 5) is 21.1. The summed E-state index contributed by atoms with van der Waals surface area (Å²) in [5, 5.41) is 9.77. The average molecular weight is 538 g/mol. The number of hydrogen-bond acceptors (Lipinski definition) is 4. The Kier molecular flexibility index (Phi) is 5.87. The molecule has 1 aliphatic rings. The molecule has 1 aliphatic carbocycles. The van der Waals surface area contributed by atoms with Gasteiger partial charge in [0.1, 0.15) is 24.0 Å². The van der Waals surface area contributed by atoms with Crippen molar-refractivity contribution in [3.8, 4) is 5.75 Å². The number of halogens is 2. The Morgan fingerprint density at radius 2 is 2.00 bits per heavy atom. The highest BCUT2D eigenvalue weighted by molar-refractivity contribution is 9.10. The standard InChI is InChI=1S/C27H25BrFN3O3/c1-15-4-6-18(30-12-15)14-35-19-7-9-21-22(11-19)32(13-16-10-17(28)5-8-20(16)29)25(31-21)23-24(26(33)34)27(23,2)3/h4-12,23-24H,13-14H2,1-3H3,(H,33,34)/t23-,24+/m1/s1. The van der Waals surface area contributed by atoms with Gasteiger partial charge in [0.25, 0.3) is 0 Å². The molecule has 0 unspecified atom stereocenters. The number of aromatic nitrogens is 3. The number of imidazole rings is 1. The molecule has 0 spiro atoms. The van der Waals surface area contributed by atoms with Crippen LogP contribution < -0.4 is 4.74 Å². The van der Waals surface area contributed by atoms with Crippen molar-refractivity contribution in [3.63, 3.8) is 0 Å². The van der Waals surface area contributed by atoms with E-state index in [4.69, 9.17) is 9.72 Å². The van der Waals surface area contributed by atoms with E-state index in [0.717, 1.165) is 21.2 Å². The molecule has 4 aromatic rings. The van der Waals surface area contributed by atoms with Crippen LogP contribution >= 0.6 is 15.9 Å². The lowest BCUT2D eigenvalue weighted by Gasteiger charge is -2.12. The number of fused-ring (bicyclic) bond motifs is 1. The monoisotopic (exact) mass is 537 g/mol. The molecule has 1 fully saturated rings. The first kappa shape index (κ1) is 23.5. The van der Waals surface area contributed by atoms with Crippen molar-refractivity contribution >= 4 is 32.9 Å². The Balaban J connectivity index is 1.55. The van der Waals surface area contributed by atoms with Gasteiger partial charge in [-0.05, 0) is 54.3 Å². The Hall–Kier alpha value is -3.26. The Morgan fingerprint density at radius 1 is 1.20 bits per heavy atom. The topological polar surface area (TPSA) is 77.2 Å². The van der Waals surface area contributed by atoms with Gasteiger partial charge in [-0.3, -0.25) is 9.78 Å². The zero-order chi connectivity index (χ0) is 24.9. The molecule has 35 heavy (non-hydrogen) atoms. The van der Waals surface area contributed by atoms with Gasteiger partial charge in [-0.25, -0.2) is 9.37 Å². The highest BCUT2D eigenvalue weighted by atomic mass is 79.9. The molecule has 0 bridgehead atoms. The number of hydrogen-bond donors (Lipinski definition) is 1. The quantitative estimate of drug-likeness (QED) is 0.308. The minimum absolute atomic E-state index is 0.221. The van der Waals surface area contributed by atoms with Crippen molar-refractivity contribution in [2.75, 3.05) is 0 Å². The number of carboxylic acids is 1. The van der Waals surface area contributed by atoms with E-state index < -0.39 is 17.3 Å². The summed E-state index contributed by atoms with van der Waals surface area (Å²) in [6, 6.07) is 14.3. The third kappa shape index (κ3) is 4.43. The molecule has 2 atom stereocenters. The smallest absolute Gasteiger partial charge is 0.307 e. The van der Waals surface area contributed by atoms with Crippen LogP contribution in [0.2, 0.25) is 0 Å². The number of ether oxygens (including phenoxy) is 1. The zero-order valence-corrected chi connectivity index (χ0v) is 21.2. The number of aliphatic carboxylic acids is 1. The van der Waals surface area contributed by atoms with Gasteiger partial charge in [-0.2, -0.15) is 0 Å². The van der Waals surface area contributed by atoms with Crippen LogP contribution in [0.25, 0.3) is 11.0 Å². The van der Waals surface area contributed by atoms with E-state index in [2.05, 4.69) is 20.9 Å². The molecular weight excluding hydrogens is 513 g/mol. The molecular formula is C27H25BrFN3O3. The van der Waals surface area contributed by atoms with E-state index in [1.807, 2.05) is 55.7 Å². The summed E-state index contributed by atoms with van der Waals surface area (Å²) < 4.78 is 23.4. The van der Waals surface area contributed by atoms with Crippen molar-refractivity contribution in [2.24, 2.45) is 11.3 Å². The Morgan fingerprint density at radius 3 is 2.69 bits per heavy atom. The second kappa shape index (κ2) is 8.75. The zero-order valence-electron chi connectivity index (χ0n) is 19.6. The first-order valence-electron chi connectivity index (χ1n) is 11.4. The van der Waals surface area contributed by atoms with E-state index in [9.17, 15) is 14.3 Å². The number of benzene rings is 2. The van der Waals surface area contributed by atoms with Gasteiger partial charge in [0.15, 0.2) is 0 Å². The summed E-state index contributed by atoms with van der Waals surface area (Å²) >= 11 is 3.42. The van der Waals surface area contributed by atoms with Crippen LogP contribution in [0.4, 0.5) is 4.39 Å². The first-order chi connectivity index (χ1) is 16.6. The fourth-order valence-corrected chi connectivity index (χ4v) is 5.18. The van der Waals surface area contributed by atoms with Gasteiger partial charge >= 0.3 is 5.97 Å². The third-order valence-corrected chi connectivity index (χ3v) is 7.31. The van der Waals surface area contributed by atoms with E-state index in [-0.39, 0.29) is 18.3 Å². The van der Waals surface area contributed by atoms with Crippen molar-refractivity contribution in [1.82, 2.24) is 14.5 Å². The second-order valence-corrected chi connectivity index (χ2v) is 10.6. The number of rotatable bonds is 7. The van der Waals surface area contributed by atoms with Crippen molar-refractivity contribution in [1.29, 1.82) is 0 Å². The number of carbonyl (C=O) groups is 1. The Bertz CT molecular complexity index is 1430. The molecule has 2 aromatic carbocycles. The molecule has 0 radical (unpaired) electrons. The van der Waals surface area contributed by atoms with Crippen LogP contribution in [0.3, 0.4) is 0 Å². The van der Waals surface area contributed by atoms with Crippen LogP contribution in [0.5, 0.6) is 5.75 Å². The molecule has 2 aromatic heterocycles. The molecule has 0 saturated heterocycles. The fraction of sp³-hybridized carbons (Fsp3) is 0.296. The van der Waals surface area contributed by atoms with Gasteiger partial charge < -0.3 is 14.4 Å². The van der Waals surface area contributed by atoms with E-state index >= 15 is 0 Å². The molecule has 8 heteroatoms. The summed E-state index contributed by atoms with van der Waals surface area (Å²) in [6.07, 6.45) is 1.80. The largest absolute Gasteiger partial charge is 0.487 e. The number of carboxylic acid groups (broad SMARTS) is 1. The number of pyridine rings is 1. The number of aryl methyl sites for hydroxylation is 1. The van der Waals surface area contributed by atoms with Crippen molar-refractivity contribution < 1.29 is 19.0 Å². The molecule has 1 N–H and O–H groups in total. The molecule has 5 rings (SSSR count). The minimum atomic E-state index is -0.845. The van der Waals surface area contributed by atoms with Gasteiger partial charge in [0.2, 0.25) is 0 Å². The third-order valence-electron chi connectivity index (χ3n) is 6.82. The predicted octanol–water partition coefficient (Wildman–Crippen LogP) is 6.09. The maximum atomic E-state index is 14.7. The van der Waals surface area contributed by atoms with Crippen LogP contribution in [-0.4, -0.2) is 25.6 Å². The number of nitrogens with zero attached hydrogens (tertiary/aromatic N) is 3. The van der Waals surface area contributed by atoms with Crippen molar-refractivity contribution in [3.05, 3.63) is 87.7 Å². The highest BCUT2D eigenvalue weighted by Gasteiger charge is 2.64. The lowest BCUT2D eigenvalue weighted by molar-refractivity contribution is -0.139. The molecule has 6 nitrogen and oxygen atoms in total. The van der Waals surface area contributed by atoms with Gasteiger partial charge in [-0.15, -0.1) is 0 Å². The van der Waals surface area contributed by atoms with Gasteiger partial charge in [0, 0.05) is 28.2 Å². The average Bonchev–Trinajstić information content (AvgIpc) is 3.23. The summed E-state index contributed by atoms with van der Waals surface area (Å²) in [5.41, 5.74) is 3.40. The summed E-state index contributed by atoms with van der Waals surface area (Å²) in [5.74, 6) is -0.718. The van der Waals surface area contributed by atoms with Crippen LogP contribution in [-0.2, 0) is 17.9 Å². The molecule has 0 amide bonds. The van der Waals surface area contributed by atoms with E-state index in [0.29, 0.717) is 29.3 Å². The molecule has 2 heterocycles. The van der Waals surface area contributed by atoms with Gasteiger partial charge in [0.05, 0.1) is 29.2 Å². The van der Waals surface area contributed by atoms with Crippen LogP contribution in [0.1, 0.15) is 42.4 Å². The van der Waals surface area contributed by atoms with E-state index in [1.165, 1.54) is 6.07 Å². The maximum Gasteiger partial charge on any atom is 0.307 e. The maximum absolute atomic E-state index is 14.7. The van der Waals surface area contributed by atoms with Crippen molar-refractivity contribution in [2.45, 2.75) is 39.8 Å². The second-order valence-electron chi connectivity index (χ2n) is 9.67. The molecule has 1 saturated carbocycles. The summed E-state index contributed by atoms with van der Waals surface area (Å²) in [7, 11) is 0. The molecule has 0 aliphatic heterocycles. The van der Waals surface area contributed by atoms with Gasteiger partial charge in [-0.1, -0.05) is 35.8 Å². The van der Waals surface area contributed by atoms with Crippen LogP contribution in [0.15, 0.2) is 59.2 Å². The lowest BCUT2D eigenvalue weighted by atomic mass is 10.1. The SMILES string of the molecule is Cc1ccc(COc2ccc3nc([C@H]4[C@@H](C(=O)O)C4(C)C)n(Cc4cc(Br)ccc4F)c3c2)nc1. The van der Waals surface area contributed by atoms with E-state index in [1.54, 1.807) is 18.3 Å². The first-order valence-corrected chi connectivity index (χ1v) is 12.2. The summed E-state index contributed by atoms with van der Waals surface area (Å²) in [6.45, 7) is 6.38. The molecule has 180 valence electrons. The van der Waals surface area contributed by atoms with Crippen LogP contribution in [0, 0.1) is 24.1 Å². The predicted molar refractivity (Wildman–Crippen MR) is 134 cm³/mol. The highest BCUT2D eigenvalue weighted by Crippen LogP contribution is 2.64. The lowest BCUT2D eigenvalue weighted by Crippen LogP contribution is -2.08. The normalized spacial score (nSPS) is 18.5.